The minimum atomic E-state index is -0.601. The summed E-state index contributed by atoms with van der Waals surface area (Å²) in [5, 5.41) is 16.8. The second kappa shape index (κ2) is 14.9. The zero-order valence-electron chi connectivity index (χ0n) is 36.2. The van der Waals surface area contributed by atoms with Gasteiger partial charge in [0.1, 0.15) is 0 Å². The van der Waals surface area contributed by atoms with E-state index in [0.717, 1.165) is 44.9 Å². The molecule has 0 saturated carbocycles. The zero-order valence-corrected chi connectivity index (χ0v) is 36.2. The van der Waals surface area contributed by atoms with E-state index in [2.05, 4.69) is 191 Å². The van der Waals surface area contributed by atoms with Gasteiger partial charge in [-0.2, -0.15) is 5.26 Å². The van der Waals surface area contributed by atoms with Crippen molar-refractivity contribution in [1.29, 1.82) is 5.26 Å². The van der Waals surface area contributed by atoms with Crippen molar-refractivity contribution in [2.45, 2.75) is 5.41 Å². The van der Waals surface area contributed by atoms with Gasteiger partial charge in [-0.3, -0.25) is 0 Å². The topological polar surface area (TPSA) is 34.6 Å². The van der Waals surface area contributed by atoms with E-state index < -0.39 is 5.41 Å². The molecule has 1 spiro atoms. The summed E-state index contributed by atoms with van der Waals surface area (Å²) in [5.74, 6) is 0. The van der Waals surface area contributed by atoms with Crippen molar-refractivity contribution in [3.63, 3.8) is 0 Å². The summed E-state index contributed by atoms with van der Waals surface area (Å²) in [7, 11) is 0. The highest BCUT2D eigenvalue weighted by atomic mass is 15.1. The minimum Gasteiger partial charge on any atom is -0.311 e. The van der Waals surface area contributed by atoms with Crippen LogP contribution in [0.3, 0.4) is 0 Å². The van der Waals surface area contributed by atoms with E-state index in [1.54, 1.807) is 0 Å². The molecule has 0 fully saturated rings. The van der Waals surface area contributed by atoms with Gasteiger partial charge in [0, 0.05) is 34.1 Å². The highest BCUT2D eigenvalue weighted by Gasteiger charge is 2.52. The van der Waals surface area contributed by atoms with Gasteiger partial charge in [0.15, 0.2) is 5.69 Å². The Morgan fingerprint density at radius 3 is 1.45 bits per heavy atom. The summed E-state index contributed by atoms with van der Waals surface area (Å²) < 4.78 is 0. The monoisotopic (exact) mass is 850 g/mol. The van der Waals surface area contributed by atoms with Crippen molar-refractivity contribution in [2.75, 3.05) is 9.80 Å². The Bertz CT molecular complexity index is 3690. The SMILES string of the molecule is [C-]#[N+]c1ccc(N(c2ccccc2)c2ccc3cc4c(cc3c2)C2(c3cc5cc(N(c6ccccc6)c6ccc(C#N)cc6)ccc5cc3-4)c3ccccc3-c3c2ccc2ccccc32)cc1. The summed E-state index contributed by atoms with van der Waals surface area (Å²) >= 11 is 0. The van der Waals surface area contributed by atoms with Crippen molar-refractivity contribution < 1.29 is 0 Å². The van der Waals surface area contributed by atoms with Crippen LogP contribution in [0.1, 0.15) is 27.8 Å². The van der Waals surface area contributed by atoms with Gasteiger partial charge in [-0.15, -0.1) is 0 Å². The number of fused-ring (bicyclic) bond motifs is 14. The molecule has 0 heterocycles. The fraction of sp³-hybridized carbons (Fsp3) is 0.0159. The third kappa shape index (κ3) is 5.77. The number of hydrogen-bond acceptors (Lipinski definition) is 3. The number of nitrogens with zero attached hydrogens (tertiary/aromatic N) is 4. The molecule has 13 rings (SSSR count). The molecular formula is C63H38N4. The summed E-state index contributed by atoms with van der Waals surface area (Å²) in [6.45, 7) is 7.59. The lowest BCUT2D eigenvalue weighted by molar-refractivity contribution is 0.797. The second-order valence-electron chi connectivity index (χ2n) is 17.5. The molecule has 4 heteroatoms. The summed E-state index contributed by atoms with van der Waals surface area (Å²) in [5.41, 5.74) is 17.0. The highest BCUT2D eigenvalue weighted by molar-refractivity contribution is 6.09. The summed E-state index contributed by atoms with van der Waals surface area (Å²) in [4.78, 5) is 8.22. The molecule has 0 bridgehead atoms. The van der Waals surface area contributed by atoms with Crippen LogP contribution in [0.2, 0.25) is 0 Å². The molecule has 0 saturated heterocycles. The van der Waals surface area contributed by atoms with E-state index in [0.29, 0.717) is 11.3 Å². The Labute approximate surface area is 388 Å². The molecule has 11 aromatic rings. The minimum absolute atomic E-state index is 0.601. The maximum absolute atomic E-state index is 9.64. The molecule has 4 nitrogen and oxygen atoms in total. The fourth-order valence-corrected chi connectivity index (χ4v) is 11.1. The molecule has 0 radical (unpaired) electrons. The van der Waals surface area contributed by atoms with Gasteiger partial charge >= 0.3 is 0 Å². The van der Waals surface area contributed by atoms with Crippen molar-refractivity contribution in [2.24, 2.45) is 0 Å². The Kier molecular flexibility index (Phi) is 8.52. The Hall–Kier alpha value is -9.22. The average Bonchev–Trinajstić information content (AvgIpc) is 3.84. The summed E-state index contributed by atoms with van der Waals surface area (Å²) in [6.07, 6.45) is 0. The van der Waals surface area contributed by atoms with E-state index in [1.165, 1.54) is 66.1 Å². The molecular weight excluding hydrogens is 813 g/mol. The fourth-order valence-electron chi connectivity index (χ4n) is 11.1. The van der Waals surface area contributed by atoms with Gasteiger partial charge in [0.2, 0.25) is 0 Å². The standard InChI is InChI=1S/C63H38N4/c1-65-47-25-31-51(32-26-47)67(49-15-6-3-7-16-49)53-30-23-44-37-57-56-36-43-22-29-52(66(48-13-4-2-5-14-48)50-27-20-41(40-64)21-28-50)34-45(43)38-60(56)63(61(57)39-46(44)35-53)58-19-11-10-18-55(58)62-54-17-9-8-12-42(54)24-33-59(62)63/h2-39H. The van der Waals surface area contributed by atoms with E-state index in [-0.39, 0.29) is 0 Å². The van der Waals surface area contributed by atoms with Gasteiger partial charge in [-0.05, 0) is 186 Å². The summed E-state index contributed by atoms with van der Waals surface area (Å²) in [6, 6.07) is 84.8. The van der Waals surface area contributed by atoms with Gasteiger partial charge in [-0.25, -0.2) is 4.85 Å². The van der Waals surface area contributed by atoms with Crippen LogP contribution in [0, 0.1) is 17.9 Å². The first-order valence-electron chi connectivity index (χ1n) is 22.6. The molecule has 0 aliphatic heterocycles. The normalized spacial score (nSPS) is 14.0. The van der Waals surface area contributed by atoms with E-state index in [9.17, 15) is 5.26 Å². The average molecular weight is 851 g/mol. The van der Waals surface area contributed by atoms with Crippen molar-refractivity contribution in [3.05, 3.63) is 270 Å². The molecule has 1 unspecified atom stereocenters. The maximum Gasteiger partial charge on any atom is 0.187 e. The maximum atomic E-state index is 9.64. The first-order chi connectivity index (χ1) is 33.1. The molecule has 1 atom stereocenters. The van der Waals surface area contributed by atoms with Crippen molar-refractivity contribution >= 4 is 72.1 Å². The first kappa shape index (κ1) is 38.3. The lowest BCUT2D eigenvalue weighted by atomic mass is 9.70. The molecule has 0 aromatic heterocycles. The predicted molar refractivity (Wildman–Crippen MR) is 276 cm³/mol. The molecule has 0 N–H and O–H groups in total. The van der Waals surface area contributed by atoms with E-state index in [1.807, 2.05) is 60.7 Å². The number of anilines is 6. The Morgan fingerprint density at radius 2 is 0.866 bits per heavy atom. The third-order valence-electron chi connectivity index (χ3n) is 14.0. The molecule has 0 amide bonds. The van der Waals surface area contributed by atoms with Gasteiger partial charge in [0.25, 0.3) is 0 Å². The number of hydrogen-bond donors (Lipinski definition) is 0. The highest BCUT2D eigenvalue weighted by Crippen LogP contribution is 2.65. The number of rotatable bonds is 6. The van der Waals surface area contributed by atoms with Crippen LogP contribution in [0.5, 0.6) is 0 Å². The molecule has 310 valence electrons. The smallest absolute Gasteiger partial charge is 0.187 e. The van der Waals surface area contributed by atoms with E-state index >= 15 is 0 Å². The predicted octanol–water partition coefficient (Wildman–Crippen LogP) is 16.9. The van der Waals surface area contributed by atoms with E-state index in [4.69, 9.17) is 6.57 Å². The van der Waals surface area contributed by atoms with Crippen LogP contribution in [-0.4, -0.2) is 0 Å². The van der Waals surface area contributed by atoms with Crippen LogP contribution in [0.25, 0.3) is 59.4 Å². The number of benzene rings is 11. The van der Waals surface area contributed by atoms with Crippen LogP contribution >= 0.6 is 0 Å². The second-order valence-corrected chi connectivity index (χ2v) is 17.5. The van der Waals surface area contributed by atoms with Crippen LogP contribution < -0.4 is 9.80 Å². The van der Waals surface area contributed by atoms with Crippen molar-refractivity contribution in [3.8, 4) is 28.3 Å². The van der Waals surface area contributed by atoms with Crippen molar-refractivity contribution in [1.82, 2.24) is 0 Å². The lowest BCUT2D eigenvalue weighted by Gasteiger charge is -2.31. The Balaban J connectivity index is 1.07. The van der Waals surface area contributed by atoms with Crippen LogP contribution in [0.15, 0.2) is 231 Å². The van der Waals surface area contributed by atoms with Gasteiger partial charge < -0.3 is 9.80 Å². The van der Waals surface area contributed by atoms with Crippen LogP contribution in [-0.2, 0) is 5.41 Å². The quantitative estimate of drug-likeness (QED) is 0.156. The lowest BCUT2D eigenvalue weighted by Crippen LogP contribution is -2.26. The third-order valence-corrected chi connectivity index (χ3v) is 14.0. The van der Waals surface area contributed by atoms with Gasteiger partial charge in [0.05, 0.1) is 23.6 Å². The first-order valence-corrected chi connectivity index (χ1v) is 22.6. The molecule has 11 aromatic carbocycles. The molecule has 67 heavy (non-hydrogen) atoms. The zero-order chi connectivity index (χ0) is 44.6. The number of nitriles is 1. The number of para-hydroxylation sites is 2. The molecule has 2 aliphatic rings. The van der Waals surface area contributed by atoms with Gasteiger partial charge in [-0.1, -0.05) is 121 Å². The molecule has 2 aliphatic carbocycles. The largest absolute Gasteiger partial charge is 0.311 e. The van der Waals surface area contributed by atoms with Crippen LogP contribution in [0.4, 0.5) is 39.8 Å². The Morgan fingerprint density at radius 1 is 0.373 bits per heavy atom.